The fourth-order valence-electron chi connectivity index (χ4n) is 1.41. The molecule has 1 aliphatic carbocycles. The third-order valence-corrected chi connectivity index (χ3v) is 3.29. The average molecular weight is 220 g/mol. The van der Waals surface area contributed by atoms with Gasteiger partial charge in [0.05, 0.1) is 5.75 Å². The van der Waals surface area contributed by atoms with Crippen LogP contribution < -0.4 is 0 Å². The maximum atomic E-state index is 11.5. The van der Waals surface area contributed by atoms with Crippen LogP contribution in [0.25, 0.3) is 0 Å². The largest absolute Gasteiger partial charge is 0.373 e. The second kappa shape index (κ2) is 4.40. The highest BCUT2D eigenvalue weighted by atomic mass is 32.2. The third-order valence-electron chi connectivity index (χ3n) is 2.34. The molecule has 0 N–H and O–H groups in total. The Balaban J connectivity index is 2.40. The van der Waals surface area contributed by atoms with Gasteiger partial charge in [0.25, 0.3) is 0 Å². The van der Waals surface area contributed by atoms with Crippen molar-refractivity contribution in [2.45, 2.75) is 25.4 Å². The molecule has 4 nitrogen and oxygen atoms in total. The Morgan fingerprint density at radius 2 is 2.07 bits per heavy atom. The van der Waals surface area contributed by atoms with Crippen molar-refractivity contribution >= 4 is 15.6 Å². The summed E-state index contributed by atoms with van der Waals surface area (Å²) in [6.45, 7) is 0. The van der Waals surface area contributed by atoms with Crippen molar-refractivity contribution in [3.63, 3.8) is 0 Å². The van der Waals surface area contributed by atoms with Gasteiger partial charge in [-0.15, -0.1) is 0 Å². The van der Waals surface area contributed by atoms with Crippen molar-refractivity contribution < 1.29 is 17.9 Å². The van der Waals surface area contributed by atoms with E-state index < -0.39 is 9.84 Å². The lowest BCUT2D eigenvalue weighted by Crippen LogP contribution is -2.26. The fourth-order valence-corrected chi connectivity index (χ4v) is 1.99. The Morgan fingerprint density at radius 1 is 1.50 bits per heavy atom. The van der Waals surface area contributed by atoms with Gasteiger partial charge in [0, 0.05) is 19.8 Å². The molecule has 1 rings (SSSR count). The molecule has 0 aliphatic heterocycles. The first kappa shape index (κ1) is 11.7. The predicted molar refractivity (Wildman–Crippen MR) is 52.9 cm³/mol. The lowest BCUT2D eigenvalue weighted by Gasteiger charge is -2.12. The van der Waals surface area contributed by atoms with Crippen LogP contribution >= 0.6 is 0 Å². The summed E-state index contributed by atoms with van der Waals surface area (Å²) in [5.41, 5.74) is 0. The first-order valence-corrected chi connectivity index (χ1v) is 6.73. The van der Waals surface area contributed by atoms with Crippen LogP contribution in [0.15, 0.2) is 0 Å². The number of ketones is 1. The highest BCUT2D eigenvalue weighted by Gasteiger charge is 2.35. The molecule has 0 saturated heterocycles. The Labute approximate surface area is 84.6 Å². The minimum atomic E-state index is -3.04. The molecule has 1 fully saturated rings. The molecule has 0 aromatic carbocycles. The van der Waals surface area contributed by atoms with E-state index in [1.54, 1.807) is 0 Å². The molecule has 1 aliphatic rings. The van der Waals surface area contributed by atoms with Gasteiger partial charge < -0.3 is 4.74 Å². The van der Waals surface area contributed by atoms with Gasteiger partial charge in [0.1, 0.15) is 15.9 Å². The molecule has 1 atom stereocenters. The van der Waals surface area contributed by atoms with Gasteiger partial charge in [-0.1, -0.05) is 0 Å². The summed E-state index contributed by atoms with van der Waals surface area (Å²) in [5, 5.41) is 0. The number of rotatable bonds is 6. The number of Topliss-reactive ketones (excluding diaryl/α,β-unsaturated/α-hetero) is 1. The van der Waals surface area contributed by atoms with Crippen LogP contribution in [0, 0.1) is 5.92 Å². The molecular weight excluding hydrogens is 204 g/mol. The second-order valence-electron chi connectivity index (χ2n) is 3.84. The van der Waals surface area contributed by atoms with Crippen LogP contribution in [0.3, 0.4) is 0 Å². The van der Waals surface area contributed by atoms with Gasteiger partial charge in [0.2, 0.25) is 0 Å². The van der Waals surface area contributed by atoms with Crippen LogP contribution in [-0.4, -0.2) is 39.4 Å². The molecule has 0 bridgehead atoms. The Kier molecular flexibility index (Phi) is 3.66. The summed E-state index contributed by atoms with van der Waals surface area (Å²) in [6, 6.07) is 0. The average Bonchev–Trinajstić information content (AvgIpc) is 2.85. The molecule has 0 aromatic rings. The molecule has 0 aromatic heterocycles. The topological polar surface area (TPSA) is 60.4 Å². The van der Waals surface area contributed by atoms with Crippen molar-refractivity contribution in [1.82, 2.24) is 0 Å². The van der Waals surface area contributed by atoms with Crippen molar-refractivity contribution in [1.29, 1.82) is 0 Å². The van der Waals surface area contributed by atoms with Gasteiger partial charge in [-0.25, -0.2) is 8.42 Å². The maximum absolute atomic E-state index is 11.5. The number of hydrogen-bond acceptors (Lipinski definition) is 4. The number of ether oxygens (including phenoxy) is 1. The van der Waals surface area contributed by atoms with E-state index in [-0.39, 0.29) is 24.1 Å². The minimum Gasteiger partial charge on any atom is -0.373 e. The van der Waals surface area contributed by atoms with Gasteiger partial charge in [-0.3, -0.25) is 4.79 Å². The zero-order valence-corrected chi connectivity index (χ0v) is 9.34. The summed E-state index contributed by atoms with van der Waals surface area (Å²) in [5.74, 6) is 0.172. The number of sulfone groups is 1. The lowest BCUT2D eigenvalue weighted by molar-refractivity contribution is -0.129. The Hall–Kier alpha value is -0.420. The zero-order chi connectivity index (χ0) is 10.8. The van der Waals surface area contributed by atoms with Crippen LogP contribution in [0.2, 0.25) is 0 Å². The SMILES string of the molecule is COC(C(=O)CCS(C)(=O)=O)C1CC1. The van der Waals surface area contributed by atoms with Crippen LogP contribution in [0.5, 0.6) is 0 Å². The molecule has 0 spiro atoms. The first-order valence-electron chi connectivity index (χ1n) is 4.67. The number of hydrogen-bond donors (Lipinski definition) is 0. The molecule has 0 radical (unpaired) electrons. The highest BCUT2D eigenvalue weighted by molar-refractivity contribution is 7.90. The predicted octanol–water partition coefficient (Wildman–Crippen LogP) is 0.415. The molecule has 1 unspecified atom stereocenters. The van der Waals surface area contributed by atoms with Crippen LogP contribution in [-0.2, 0) is 19.4 Å². The van der Waals surface area contributed by atoms with Crippen molar-refractivity contribution in [3.8, 4) is 0 Å². The monoisotopic (exact) mass is 220 g/mol. The fraction of sp³-hybridized carbons (Fsp3) is 0.889. The Morgan fingerprint density at radius 3 is 2.43 bits per heavy atom. The number of methoxy groups -OCH3 is 1. The van der Waals surface area contributed by atoms with Crippen LogP contribution in [0.1, 0.15) is 19.3 Å². The van der Waals surface area contributed by atoms with E-state index in [2.05, 4.69) is 0 Å². The first-order chi connectivity index (χ1) is 6.44. The second-order valence-corrected chi connectivity index (χ2v) is 6.10. The summed E-state index contributed by atoms with van der Waals surface area (Å²) in [4.78, 5) is 11.5. The van der Waals surface area contributed by atoms with Gasteiger partial charge in [0.15, 0.2) is 5.78 Å². The molecular formula is C9H16O4S. The molecule has 5 heteroatoms. The normalized spacial score (nSPS) is 19.3. The quantitative estimate of drug-likeness (QED) is 0.650. The van der Waals surface area contributed by atoms with Crippen molar-refractivity contribution in [2.24, 2.45) is 5.92 Å². The van der Waals surface area contributed by atoms with E-state index in [4.69, 9.17) is 4.74 Å². The lowest BCUT2D eigenvalue weighted by atomic mass is 10.1. The van der Waals surface area contributed by atoms with E-state index in [9.17, 15) is 13.2 Å². The van der Waals surface area contributed by atoms with E-state index in [0.29, 0.717) is 5.92 Å². The summed E-state index contributed by atoms with van der Waals surface area (Å²) in [6.07, 6.45) is 2.87. The molecule has 1 saturated carbocycles. The number of carbonyl (C=O) groups is 1. The van der Waals surface area contributed by atoms with E-state index in [1.807, 2.05) is 0 Å². The molecule has 0 amide bonds. The Bertz CT molecular complexity index is 303. The van der Waals surface area contributed by atoms with E-state index in [0.717, 1.165) is 19.1 Å². The standard InChI is InChI=1S/C9H16O4S/c1-13-9(7-3-4-7)8(10)5-6-14(2,11)12/h7,9H,3-6H2,1-2H3. The minimum absolute atomic E-state index is 0.0710. The van der Waals surface area contributed by atoms with E-state index >= 15 is 0 Å². The molecule has 0 heterocycles. The third kappa shape index (κ3) is 3.75. The van der Waals surface area contributed by atoms with Crippen molar-refractivity contribution in [3.05, 3.63) is 0 Å². The van der Waals surface area contributed by atoms with Crippen LogP contribution in [0.4, 0.5) is 0 Å². The summed E-state index contributed by atoms with van der Waals surface area (Å²) >= 11 is 0. The van der Waals surface area contributed by atoms with E-state index in [1.165, 1.54) is 7.11 Å². The summed E-state index contributed by atoms with van der Waals surface area (Å²) < 4.78 is 26.7. The zero-order valence-electron chi connectivity index (χ0n) is 8.52. The molecule has 82 valence electrons. The van der Waals surface area contributed by atoms with Crippen molar-refractivity contribution in [2.75, 3.05) is 19.1 Å². The van der Waals surface area contributed by atoms with Gasteiger partial charge in [-0.05, 0) is 18.8 Å². The number of carbonyl (C=O) groups excluding carboxylic acids is 1. The maximum Gasteiger partial charge on any atom is 0.162 e. The van der Waals surface area contributed by atoms with Gasteiger partial charge in [-0.2, -0.15) is 0 Å². The smallest absolute Gasteiger partial charge is 0.162 e. The van der Waals surface area contributed by atoms with Gasteiger partial charge >= 0.3 is 0 Å². The highest BCUT2D eigenvalue weighted by Crippen LogP contribution is 2.34. The molecule has 14 heavy (non-hydrogen) atoms. The summed E-state index contributed by atoms with van der Waals surface area (Å²) in [7, 11) is -1.54.